The lowest BCUT2D eigenvalue weighted by Crippen LogP contribution is -2.43. The van der Waals surface area contributed by atoms with Crippen molar-refractivity contribution >= 4 is 15.9 Å². The van der Waals surface area contributed by atoms with Gasteiger partial charge in [0.1, 0.15) is 5.75 Å². The van der Waals surface area contributed by atoms with Gasteiger partial charge in [0, 0.05) is 24.6 Å². The number of hydrogen-bond acceptors (Lipinski definition) is 4. The molecule has 0 aromatic heterocycles. The largest absolute Gasteiger partial charge is 0.496 e. The van der Waals surface area contributed by atoms with E-state index in [-0.39, 0.29) is 17.9 Å². The van der Waals surface area contributed by atoms with Gasteiger partial charge in [0.05, 0.1) is 18.0 Å². The summed E-state index contributed by atoms with van der Waals surface area (Å²) in [6, 6.07) is 13.1. The van der Waals surface area contributed by atoms with Gasteiger partial charge >= 0.3 is 0 Å². The van der Waals surface area contributed by atoms with Gasteiger partial charge in [-0.2, -0.15) is 4.31 Å². The van der Waals surface area contributed by atoms with E-state index >= 15 is 0 Å². The SMILES string of the molecule is CCC(NC(=O)C1CCN(S(=O)(=O)c2ccc3c(c2)CCC3)CC1)c1ccccc1OC. The first-order valence-corrected chi connectivity index (χ1v) is 12.9. The number of aryl methyl sites for hydroxylation is 2. The highest BCUT2D eigenvalue weighted by molar-refractivity contribution is 7.89. The number of carbonyl (C=O) groups excluding carboxylic acids is 1. The van der Waals surface area contributed by atoms with Crippen LogP contribution in [0.2, 0.25) is 0 Å². The average molecular weight is 457 g/mol. The highest BCUT2D eigenvalue weighted by atomic mass is 32.2. The third-order valence-corrected chi connectivity index (χ3v) is 8.67. The molecule has 32 heavy (non-hydrogen) atoms. The van der Waals surface area contributed by atoms with Crippen LogP contribution < -0.4 is 10.1 Å². The van der Waals surface area contributed by atoms with Gasteiger partial charge in [-0.25, -0.2) is 8.42 Å². The molecule has 1 saturated heterocycles. The number of piperidine rings is 1. The summed E-state index contributed by atoms with van der Waals surface area (Å²) >= 11 is 0. The molecule has 172 valence electrons. The van der Waals surface area contributed by atoms with Crippen LogP contribution in [0.25, 0.3) is 0 Å². The molecule has 1 N–H and O–H groups in total. The van der Waals surface area contributed by atoms with Crippen molar-refractivity contribution in [3.8, 4) is 5.75 Å². The second-order valence-corrected chi connectivity index (χ2v) is 10.6. The second-order valence-electron chi connectivity index (χ2n) is 8.67. The average Bonchev–Trinajstić information content (AvgIpc) is 3.30. The van der Waals surface area contributed by atoms with E-state index in [9.17, 15) is 13.2 Å². The number of carbonyl (C=O) groups is 1. The molecule has 0 saturated carbocycles. The molecule has 2 aromatic carbocycles. The van der Waals surface area contributed by atoms with E-state index in [1.807, 2.05) is 43.3 Å². The Hall–Kier alpha value is -2.38. The van der Waals surface area contributed by atoms with Gasteiger partial charge in [-0.05, 0) is 67.9 Å². The van der Waals surface area contributed by atoms with Crippen molar-refractivity contribution in [2.75, 3.05) is 20.2 Å². The minimum atomic E-state index is -3.53. The van der Waals surface area contributed by atoms with Gasteiger partial charge in [-0.1, -0.05) is 31.2 Å². The zero-order valence-electron chi connectivity index (χ0n) is 18.8. The van der Waals surface area contributed by atoms with Gasteiger partial charge in [-0.3, -0.25) is 4.79 Å². The van der Waals surface area contributed by atoms with E-state index in [2.05, 4.69) is 5.32 Å². The lowest BCUT2D eigenvalue weighted by molar-refractivity contribution is -0.126. The van der Waals surface area contributed by atoms with E-state index in [0.717, 1.165) is 42.6 Å². The lowest BCUT2D eigenvalue weighted by atomic mass is 9.95. The fourth-order valence-corrected chi connectivity index (χ4v) is 6.38. The van der Waals surface area contributed by atoms with E-state index in [1.54, 1.807) is 13.2 Å². The lowest BCUT2D eigenvalue weighted by Gasteiger charge is -2.31. The monoisotopic (exact) mass is 456 g/mol. The maximum Gasteiger partial charge on any atom is 0.243 e. The Morgan fingerprint density at radius 1 is 1.12 bits per heavy atom. The number of nitrogens with one attached hydrogen (secondary N) is 1. The molecule has 4 rings (SSSR count). The first-order valence-electron chi connectivity index (χ1n) is 11.5. The molecule has 1 aliphatic carbocycles. The van der Waals surface area contributed by atoms with Gasteiger partial charge in [0.25, 0.3) is 0 Å². The molecule has 2 aromatic rings. The van der Waals surface area contributed by atoms with Crippen LogP contribution >= 0.6 is 0 Å². The van der Waals surface area contributed by atoms with Crippen molar-refractivity contribution in [2.45, 2.75) is 56.4 Å². The fraction of sp³-hybridized carbons (Fsp3) is 0.480. The van der Waals surface area contributed by atoms with E-state index in [4.69, 9.17) is 4.74 Å². The summed E-state index contributed by atoms with van der Waals surface area (Å²) in [5.74, 6) is 0.553. The molecular formula is C25H32N2O4S. The Morgan fingerprint density at radius 3 is 2.56 bits per heavy atom. The molecule has 7 heteroatoms. The molecule has 1 amide bonds. The van der Waals surface area contributed by atoms with Crippen molar-refractivity contribution in [1.82, 2.24) is 9.62 Å². The number of rotatable bonds is 7. The molecule has 2 aliphatic rings. The fourth-order valence-electron chi connectivity index (χ4n) is 4.86. The Labute approximate surface area is 191 Å². The number of nitrogens with zero attached hydrogens (tertiary/aromatic N) is 1. The predicted molar refractivity (Wildman–Crippen MR) is 124 cm³/mol. The summed E-state index contributed by atoms with van der Waals surface area (Å²) < 4.78 is 33.3. The third kappa shape index (κ3) is 4.55. The van der Waals surface area contributed by atoms with Crippen LogP contribution in [-0.2, 0) is 27.7 Å². The first-order chi connectivity index (χ1) is 15.4. The molecular weight excluding hydrogens is 424 g/mol. The van der Waals surface area contributed by atoms with E-state index < -0.39 is 10.0 Å². The van der Waals surface area contributed by atoms with Crippen LogP contribution in [0.3, 0.4) is 0 Å². The van der Waals surface area contributed by atoms with Gasteiger partial charge in [0.15, 0.2) is 0 Å². The van der Waals surface area contributed by atoms with E-state index in [0.29, 0.717) is 30.8 Å². The van der Waals surface area contributed by atoms with Gasteiger partial charge in [0.2, 0.25) is 15.9 Å². The van der Waals surface area contributed by atoms with Crippen LogP contribution in [0.1, 0.15) is 55.3 Å². The summed E-state index contributed by atoms with van der Waals surface area (Å²) in [6.07, 6.45) is 4.87. The molecule has 1 atom stereocenters. The number of para-hydroxylation sites is 1. The number of ether oxygens (including phenoxy) is 1. The van der Waals surface area contributed by atoms with Crippen LogP contribution in [0.15, 0.2) is 47.4 Å². The molecule has 0 bridgehead atoms. The normalized spacial score (nSPS) is 18.2. The van der Waals surface area contributed by atoms with Crippen LogP contribution in [0, 0.1) is 5.92 Å². The topological polar surface area (TPSA) is 75.7 Å². The Balaban J connectivity index is 1.39. The summed E-state index contributed by atoms with van der Waals surface area (Å²) in [6.45, 7) is 2.76. The molecule has 1 fully saturated rings. The summed E-state index contributed by atoms with van der Waals surface area (Å²) in [4.78, 5) is 13.4. The van der Waals surface area contributed by atoms with Gasteiger partial charge in [-0.15, -0.1) is 0 Å². The molecule has 0 radical (unpaired) electrons. The van der Waals surface area contributed by atoms with Crippen LogP contribution in [0.5, 0.6) is 5.75 Å². The van der Waals surface area contributed by atoms with Crippen LogP contribution in [0.4, 0.5) is 0 Å². The third-order valence-electron chi connectivity index (χ3n) is 6.77. The quantitative estimate of drug-likeness (QED) is 0.687. The van der Waals surface area contributed by atoms with Crippen molar-refractivity contribution in [3.63, 3.8) is 0 Å². The molecule has 1 unspecified atom stereocenters. The number of benzene rings is 2. The molecule has 1 aliphatic heterocycles. The van der Waals surface area contributed by atoms with Crippen LogP contribution in [-0.4, -0.2) is 38.8 Å². The first kappa shape index (κ1) is 22.8. The number of amides is 1. The maximum atomic E-state index is 13.2. The molecule has 6 nitrogen and oxygen atoms in total. The summed E-state index contributed by atoms with van der Waals surface area (Å²) in [5, 5.41) is 3.15. The predicted octanol–water partition coefficient (Wildman–Crippen LogP) is 3.85. The standard InChI is InChI=1S/C25H32N2O4S/c1-3-23(22-9-4-5-10-24(22)31-2)26-25(28)19-13-15-27(16-14-19)32(29,30)21-12-11-18-7-6-8-20(18)17-21/h4-5,9-12,17,19,23H,3,6-8,13-16H2,1-2H3,(H,26,28). The second kappa shape index (κ2) is 9.63. The minimum Gasteiger partial charge on any atom is -0.496 e. The van der Waals surface area contributed by atoms with Gasteiger partial charge < -0.3 is 10.1 Å². The number of methoxy groups -OCH3 is 1. The number of fused-ring (bicyclic) bond motifs is 1. The zero-order valence-corrected chi connectivity index (χ0v) is 19.7. The summed E-state index contributed by atoms with van der Waals surface area (Å²) in [5.41, 5.74) is 3.38. The summed E-state index contributed by atoms with van der Waals surface area (Å²) in [7, 11) is -1.90. The van der Waals surface area contributed by atoms with E-state index in [1.165, 1.54) is 9.87 Å². The zero-order chi connectivity index (χ0) is 22.7. The van der Waals surface area contributed by atoms with Crippen molar-refractivity contribution in [1.29, 1.82) is 0 Å². The smallest absolute Gasteiger partial charge is 0.243 e. The molecule has 1 heterocycles. The highest BCUT2D eigenvalue weighted by Gasteiger charge is 2.33. The number of sulfonamides is 1. The van der Waals surface area contributed by atoms with Crippen molar-refractivity contribution in [2.24, 2.45) is 5.92 Å². The number of hydrogen-bond donors (Lipinski definition) is 1. The molecule has 0 spiro atoms. The van der Waals surface area contributed by atoms with Crippen molar-refractivity contribution < 1.29 is 17.9 Å². The Morgan fingerprint density at radius 2 is 1.84 bits per heavy atom. The minimum absolute atomic E-state index is 0.0164. The highest BCUT2D eigenvalue weighted by Crippen LogP contribution is 2.30. The Kier molecular flexibility index (Phi) is 6.86. The maximum absolute atomic E-state index is 13.2. The van der Waals surface area contributed by atoms with Crippen molar-refractivity contribution in [3.05, 3.63) is 59.2 Å². The Bertz CT molecular complexity index is 1080.